The largest absolute Gasteiger partial charge is 0.380 e. The lowest BCUT2D eigenvalue weighted by atomic mass is 9.88. The Hall–Kier alpha value is -1.17. The first-order valence-corrected chi connectivity index (χ1v) is 7.07. The van der Waals surface area contributed by atoms with E-state index in [0.29, 0.717) is 19.8 Å². The molecule has 1 aliphatic heterocycles. The number of amides is 1. The summed E-state index contributed by atoms with van der Waals surface area (Å²) in [5.74, 6) is -0.282. The highest BCUT2D eigenvalue weighted by Gasteiger charge is 2.37. The van der Waals surface area contributed by atoms with Gasteiger partial charge < -0.3 is 9.64 Å². The summed E-state index contributed by atoms with van der Waals surface area (Å²) >= 11 is 0. The second kappa shape index (κ2) is 7.40. The maximum Gasteiger partial charge on any atom is 0.244 e. The molecular weight excluding hydrogens is 307 g/mol. The molecule has 4 nitrogen and oxygen atoms in total. The summed E-state index contributed by atoms with van der Waals surface area (Å²) in [5.41, 5.74) is 0.845. The molecular formula is C16H24ClFN2O2. The Morgan fingerprint density at radius 1 is 1.27 bits per heavy atom. The number of carbonyl (C=O) groups excluding carboxylic acids is 1. The summed E-state index contributed by atoms with van der Waals surface area (Å²) in [4.78, 5) is 16.3. The molecule has 1 atom stereocenters. The first-order valence-electron chi connectivity index (χ1n) is 7.07. The second-order valence-electron chi connectivity index (χ2n) is 6.42. The Labute approximate surface area is 137 Å². The molecule has 0 radical (unpaired) electrons. The number of benzene rings is 1. The van der Waals surface area contributed by atoms with Gasteiger partial charge in [-0.25, -0.2) is 4.39 Å². The predicted molar refractivity (Wildman–Crippen MR) is 86.6 cm³/mol. The molecule has 0 bridgehead atoms. The Morgan fingerprint density at radius 2 is 1.82 bits per heavy atom. The van der Waals surface area contributed by atoms with E-state index in [1.165, 1.54) is 12.1 Å². The van der Waals surface area contributed by atoms with Crippen molar-refractivity contribution in [2.24, 2.45) is 5.41 Å². The molecule has 1 aromatic carbocycles. The Kier molecular flexibility index (Phi) is 6.35. The van der Waals surface area contributed by atoms with Gasteiger partial charge in [0.05, 0.1) is 13.2 Å². The van der Waals surface area contributed by atoms with Crippen molar-refractivity contribution in [1.29, 1.82) is 0 Å². The van der Waals surface area contributed by atoms with Crippen LogP contribution in [0, 0.1) is 11.2 Å². The van der Waals surface area contributed by atoms with Gasteiger partial charge in [-0.2, -0.15) is 0 Å². The normalized spacial score (nSPS) is 17.4. The zero-order chi connectivity index (χ0) is 15.6. The van der Waals surface area contributed by atoms with E-state index in [1.54, 1.807) is 17.0 Å². The summed E-state index contributed by atoms with van der Waals surface area (Å²) in [7, 11) is 5.52. The molecule has 0 spiro atoms. The van der Waals surface area contributed by atoms with Crippen LogP contribution in [0.15, 0.2) is 24.3 Å². The molecule has 1 saturated heterocycles. The highest BCUT2D eigenvalue weighted by Crippen LogP contribution is 2.29. The van der Waals surface area contributed by atoms with E-state index in [1.807, 2.05) is 26.0 Å². The monoisotopic (exact) mass is 330 g/mol. The van der Waals surface area contributed by atoms with Crippen LogP contribution in [0.5, 0.6) is 0 Å². The van der Waals surface area contributed by atoms with E-state index < -0.39 is 6.04 Å². The van der Waals surface area contributed by atoms with Crippen LogP contribution in [0.2, 0.25) is 0 Å². The molecule has 1 unspecified atom stereocenters. The molecule has 1 aromatic rings. The second-order valence-corrected chi connectivity index (χ2v) is 6.42. The molecule has 0 aliphatic carbocycles. The molecule has 1 aliphatic rings. The van der Waals surface area contributed by atoms with Crippen LogP contribution in [-0.2, 0) is 9.53 Å². The number of halogens is 2. The number of hydrogen-bond acceptors (Lipinski definition) is 3. The third-order valence-corrected chi connectivity index (χ3v) is 3.83. The molecule has 124 valence electrons. The van der Waals surface area contributed by atoms with Crippen LogP contribution < -0.4 is 0 Å². The minimum absolute atomic E-state index is 0. The average Bonchev–Trinajstić information content (AvgIpc) is 2.39. The van der Waals surface area contributed by atoms with Crippen LogP contribution in [0.25, 0.3) is 0 Å². The summed E-state index contributed by atoms with van der Waals surface area (Å²) in [5, 5.41) is 0. The van der Waals surface area contributed by atoms with Crippen molar-refractivity contribution in [2.45, 2.75) is 13.0 Å². The maximum absolute atomic E-state index is 13.1. The van der Waals surface area contributed by atoms with Crippen LogP contribution in [0.1, 0.15) is 18.5 Å². The third kappa shape index (κ3) is 4.18. The molecule has 22 heavy (non-hydrogen) atoms. The minimum Gasteiger partial charge on any atom is -0.380 e. The van der Waals surface area contributed by atoms with Gasteiger partial charge in [-0.15, -0.1) is 12.4 Å². The summed E-state index contributed by atoms with van der Waals surface area (Å²) in [6, 6.07) is 5.71. The van der Waals surface area contributed by atoms with E-state index in [-0.39, 0.29) is 29.5 Å². The number of ether oxygens (including phenoxy) is 1. The first-order chi connectivity index (χ1) is 9.82. The number of likely N-dealkylation sites (N-methyl/N-ethyl adjacent to an activating group) is 2. The van der Waals surface area contributed by atoms with E-state index in [4.69, 9.17) is 4.74 Å². The van der Waals surface area contributed by atoms with Crippen molar-refractivity contribution in [3.8, 4) is 0 Å². The van der Waals surface area contributed by atoms with Crippen molar-refractivity contribution < 1.29 is 13.9 Å². The molecule has 1 amide bonds. The highest BCUT2D eigenvalue weighted by molar-refractivity contribution is 5.85. The van der Waals surface area contributed by atoms with Gasteiger partial charge in [0, 0.05) is 19.0 Å². The van der Waals surface area contributed by atoms with E-state index in [9.17, 15) is 9.18 Å². The standard InChI is InChI=1S/C16H23FN2O2.ClH/c1-16(10-21-11-16)9-19(4)15(20)14(18(2)3)12-5-7-13(17)8-6-12;/h5-8,14H,9-11H2,1-4H3;1H. The number of hydrogen-bond donors (Lipinski definition) is 0. The van der Waals surface area contributed by atoms with Gasteiger partial charge >= 0.3 is 0 Å². The average molecular weight is 331 g/mol. The molecule has 6 heteroatoms. The van der Waals surface area contributed by atoms with Gasteiger partial charge in [0.15, 0.2) is 0 Å². The summed E-state index contributed by atoms with van der Waals surface area (Å²) < 4.78 is 18.3. The number of nitrogens with zero attached hydrogens (tertiary/aromatic N) is 2. The van der Waals surface area contributed by atoms with Gasteiger partial charge in [0.2, 0.25) is 5.91 Å². The fourth-order valence-electron chi connectivity index (χ4n) is 2.71. The van der Waals surface area contributed by atoms with Crippen LogP contribution in [0.4, 0.5) is 4.39 Å². The van der Waals surface area contributed by atoms with Gasteiger partial charge in [-0.1, -0.05) is 19.1 Å². The van der Waals surface area contributed by atoms with Gasteiger partial charge in [0.1, 0.15) is 11.9 Å². The molecule has 0 saturated carbocycles. The molecule has 1 heterocycles. The van der Waals surface area contributed by atoms with E-state index >= 15 is 0 Å². The van der Waals surface area contributed by atoms with Crippen LogP contribution in [0.3, 0.4) is 0 Å². The molecule has 0 N–H and O–H groups in total. The molecule has 1 fully saturated rings. The van der Waals surface area contributed by atoms with Gasteiger partial charge in [0.25, 0.3) is 0 Å². The Bertz CT molecular complexity index is 503. The fourth-order valence-corrected chi connectivity index (χ4v) is 2.71. The smallest absolute Gasteiger partial charge is 0.244 e. The fraction of sp³-hybridized carbons (Fsp3) is 0.562. The zero-order valence-corrected chi connectivity index (χ0v) is 14.3. The maximum atomic E-state index is 13.1. The lowest BCUT2D eigenvalue weighted by Gasteiger charge is -2.41. The van der Waals surface area contributed by atoms with Gasteiger partial charge in [-0.05, 0) is 31.8 Å². The van der Waals surface area contributed by atoms with E-state index in [2.05, 4.69) is 6.92 Å². The Balaban J connectivity index is 0.00000242. The topological polar surface area (TPSA) is 32.8 Å². The summed E-state index contributed by atoms with van der Waals surface area (Å²) in [6.07, 6.45) is 0. The lowest BCUT2D eigenvalue weighted by Crippen LogP contribution is -2.50. The quantitative estimate of drug-likeness (QED) is 0.831. The van der Waals surface area contributed by atoms with Crippen LogP contribution in [-0.4, -0.2) is 56.6 Å². The van der Waals surface area contributed by atoms with Crippen molar-refractivity contribution in [3.05, 3.63) is 35.6 Å². The predicted octanol–water partition coefficient (Wildman–Crippen LogP) is 2.35. The minimum atomic E-state index is -0.403. The zero-order valence-electron chi connectivity index (χ0n) is 13.5. The number of carbonyl (C=O) groups is 1. The first kappa shape index (κ1) is 18.9. The van der Waals surface area contributed by atoms with Gasteiger partial charge in [-0.3, -0.25) is 9.69 Å². The van der Waals surface area contributed by atoms with Crippen LogP contribution >= 0.6 is 12.4 Å². The lowest BCUT2D eigenvalue weighted by molar-refractivity contribution is -0.146. The van der Waals surface area contributed by atoms with Crippen molar-refractivity contribution in [1.82, 2.24) is 9.80 Å². The van der Waals surface area contributed by atoms with Crippen molar-refractivity contribution >= 4 is 18.3 Å². The Morgan fingerprint density at radius 3 is 2.23 bits per heavy atom. The third-order valence-electron chi connectivity index (χ3n) is 3.83. The van der Waals surface area contributed by atoms with E-state index in [0.717, 1.165) is 5.56 Å². The number of rotatable bonds is 5. The SMILES string of the molecule is CN(CC1(C)COC1)C(=O)C(c1ccc(F)cc1)N(C)C.Cl. The van der Waals surface area contributed by atoms with Crippen molar-refractivity contribution in [3.63, 3.8) is 0 Å². The summed E-state index contributed by atoms with van der Waals surface area (Å²) in [6.45, 7) is 4.15. The van der Waals surface area contributed by atoms with Crippen molar-refractivity contribution in [2.75, 3.05) is 40.9 Å². The highest BCUT2D eigenvalue weighted by atomic mass is 35.5. The molecule has 0 aromatic heterocycles. The molecule has 2 rings (SSSR count).